The van der Waals surface area contributed by atoms with Crippen LogP contribution in [0.5, 0.6) is 11.5 Å². The van der Waals surface area contributed by atoms with Crippen molar-refractivity contribution in [3.05, 3.63) is 83.5 Å². The van der Waals surface area contributed by atoms with E-state index in [0.29, 0.717) is 23.5 Å². The van der Waals surface area contributed by atoms with Gasteiger partial charge in [-0.3, -0.25) is 0 Å². The van der Waals surface area contributed by atoms with Gasteiger partial charge in [0, 0.05) is 11.1 Å². The largest absolute Gasteiger partial charge is 0.490 e. The summed E-state index contributed by atoms with van der Waals surface area (Å²) in [6, 6.07) is 10.4. The number of carbonyl (C=O) groups excluding carboxylic acids is 2. The molecule has 0 bridgehead atoms. The first-order valence-electron chi connectivity index (χ1n) is 14.2. The molecule has 2 rings (SSSR count). The Hall–Kier alpha value is -4.02. The Morgan fingerprint density at radius 2 is 1.26 bits per heavy atom. The molecule has 8 nitrogen and oxygen atoms in total. The van der Waals surface area contributed by atoms with Crippen LogP contribution in [0.2, 0.25) is 0 Å². The Labute approximate surface area is 251 Å². The van der Waals surface area contributed by atoms with Crippen molar-refractivity contribution in [2.45, 2.75) is 45.4 Å². The molecule has 0 spiro atoms. The van der Waals surface area contributed by atoms with Crippen LogP contribution in [0.3, 0.4) is 0 Å². The SMILES string of the molecule is C=C(CO)C(=O)OCCOc1ccc(/C(F)=C(\F)c2ccc(OCCOC(=O)C(=C)CO)cc2CCCCCCC)cc1. The fourth-order valence-corrected chi connectivity index (χ4v) is 3.86. The van der Waals surface area contributed by atoms with Crippen LogP contribution in [0.1, 0.15) is 55.7 Å². The van der Waals surface area contributed by atoms with Gasteiger partial charge in [0.1, 0.15) is 37.9 Å². The van der Waals surface area contributed by atoms with Crippen LogP contribution >= 0.6 is 0 Å². The minimum Gasteiger partial charge on any atom is -0.490 e. The van der Waals surface area contributed by atoms with Crippen molar-refractivity contribution in [2.24, 2.45) is 0 Å². The molecule has 0 aliphatic carbocycles. The highest BCUT2D eigenvalue weighted by Gasteiger charge is 2.17. The molecule has 0 aliphatic heterocycles. The van der Waals surface area contributed by atoms with Gasteiger partial charge in [0.05, 0.1) is 24.4 Å². The summed E-state index contributed by atoms with van der Waals surface area (Å²) in [6.07, 6.45) is 5.50. The minimum absolute atomic E-state index is 0.0207. The van der Waals surface area contributed by atoms with E-state index in [0.717, 1.165) is 32.1 Å². The number of hydrogen-bond acceptors (Lipinski definition) is 8. The number of aliphatic hydroxyl groups excluding tert-OH is 2. The number of benzene rings is 2. The van der Waals surface area contributed by atoms with E-state index in [-0.39, 0.29) is 48.7 Å². The van der Waals surface area contributed by atoms with Gasteiger partial charge in [-0.15, -0.1) is 0 Å². The summed E-state index contributed by atoms with van der Waals surface area (Å²) in [7, 11) is 0. The second-order valence-corrected chi connectivity index (χ2v) is 9.63. The Kier molecular flexibility index (Phi) is 15.7. The molecule has 0 amide bonds. The highest BCUT2D eigenvalue weighted by atomic mass is 19.2. The number of aryl methyl sites for hydroxylation is 1. The molecule has 0 saturated carbocycles. The zero-order valence-electron chi connectivity index (χ0n) is 24.5. The topological polar surface area (TPSA) is 112 Å². The molecule has 0 unspecified atom stereocenters. The van der Waals surface area contributed by atoms with Gasteiger partial charge in [-0.1, -0.05) is 45.8 Å². The number of ether oxygens (including phenoxy) is 4. The van der Waals surface area contributed by atoms with E-state index in [1.807, 2.05) is 0 Å². The van der Waals surface area contributed by atoms with Crippen LogP contribution in [-0.4, -0.2) is 61.8 Å². The van der Waals surface area contributed by atoms with Crippen LogP contribution in [0.25, 0.3) is 11.7 Å². The van der Waals surface area contributed by atoms with E-state index >= 15 is 8.78 Å². The molecular weight excluding hydrogens is 562 g/mol. The average molecular weight is 603 g/mol. The molecule has 2 N–H and O–H groups in total. The molecule has 0 aliphatic rings. The summed E-state index contributed by atoms with van der Waals surface area (Å²) < 4.78 is 51.8. The summed E-state index contributed by atoms with van der Waals surface area (Å²) in [4.78, 5) is 23.1. The van der Waals surface area contributed by atoms with Crippen LogP contribution in [0.4, 0.5) is 8.78 Å². The second kappa shape index (κ2) is 19.2. The molecule has 43 heavy (non-hydrogen) atoms. The average Bonchev–Trinajstić information content (AvgIpc) is 3.03. The number of aliphatic hydroxyl groups is 2. The van der Waals surface area contributed by atoms with Gasteiger partial charge in [0.25, 0.3) is 0 Å². The fourth-order valence-electron chi connectivity index (χ4n) is 3.86. The number of esters is 2. The Morgan fingerprint density at radius 1 is 0.721 bits per heavy atom. The Bertz CT molecular complexity index is 1250. The number of unbranched alkanes of at least 4 members (excludes halogenated alkanes) is 4. The summed E-state index contributed by atoms with van der Waals surface area (Å²) in [5.41, 5.74) is 0.602. The zero-order chi connectivity index (χ0) is 31.6. The minimum atomic E-state index is -1.03. The summed E-state index contributed by atoms with van der Waals surface area (Å²) in [6.45, 7) is 7.78. The van der Waals surface area contributed by atoms with Crippen LogP contribution in [0, 0.1) is 0 Å². The van der Waals surface area contributed by atoms with E-state index in [2.05, 4.69) is 20.1 Å². The van der Waals surface area contributed by atoms with Crippen molar-refractivity contribution in [1.82, 2.24) is 0 Å². The molecular formula is C33H40F2O8. The lowest BCUT2D eigenvalue weighted by molar-refractivity contribution is -0.141. The van der Waals surface area contributed by atoms with Gasteiger partial charge in [-0.2, -0.15) is 0 Å². The van der Waals surface area contributed by atoms with Gasteiger partial charge >= 0.3 is 11.9 Å². The first-order valence-corrected chi connectivity index (χ1v) is 14.2. The van der Waals surface area contributed by atoms with E-state index in [4.69, 9.17) is 29.2 Å². The van der Waals surface area contributed by atoms with Crippen molar-refractivity contribution in [3.63, 3.8) is 0 Å². The van der Waals surface area contributed by atoms with E-state index < -0.39 is 36.8 Å². The van der Waals surface area contributed by atoms with Crippen LogP contribution in [-0.2, 0) is 25.5 Å². The highest BCUT2D eigenvalue weighted by Crippen LogP contribution is 2.34. The van der Waals surface area contributed by atoms with Crippen molar-refractivity contribution < 1.29 is 47.5 Å². The molecule has 234 valence electrons. The van der Waals surface area contributed by atoms with Crippen molar-refractivity contribution in [2.75, 3.05) is 39.6 Å². The maximum atomic E-state index is 15.5. The van der Waals surface area contributed by atoms with Crippen molar-refractivity contribution in [1.29, 1.82) is 0 Å². The quantitative estimate of drug-likeness (QED) is 0.0834. The summed E-state index contributed by atoms with van der Waals surface area (Å²) >= 11 is 0. The van der Waals surface area contributed by atoms with Crippen LogP contribution in [0.15, 0.2) is 66.8 Å². The normalized spacial score (nSPS) is 11.4. The Morgan fingerprint density at radius 3 is 1.81 bits per heavy atom. The second-order valence-electron chi connectivity index (χ2n) is 9.63. The lowest BCUT2D eigenvalue weighted by atomic mass is 9.98. The number of carbonyl (C=O) groups is 2. The van der Waals surface area contributed by atoms with E-state index in [9.17, 15) is 9.59 Å². The maximum absolute atomic E-state index is 15.5. The number of hydrogen-bond donors (Lipinski definition) is 2. The predicted octanol–water partition coefficient (Wildman–Crippen LogP) is 5.91. The first-order chi connectivity index (χ1) is 20.7. The fraction of sp³-hybridized carbons (Fsp3) is 0.394. The van der Waals surface area contributed by atoms with Gasteiger partial charge in [-0.05, 0) is 60.9 Å². The van der Waals surface area contributed by atoms with Gasteiger partial charge in [0.15, 0.2) is 11.7 Å². The standard InChI is InChI=1S/C33H40F2O8/c1-4-5-6-7-8-9-26-20-28(41-17-19-43-33(39)24(3)22-37)14-15-29(26)31(35)30(34)25-10-12-27(13-11-25)40-16-18-42-32(38)23(2)21-36/h10-15,20,36-37H,2-9,16-19,21-22H2,1H3/b31-30+. The molecule has 2 aromatic carbocycles. The lowest BCUT2D eigenvalue weighted by Gasteiger charge is -2.13. The van der Waals surface area contributed by atoms with Crippen molar-refractivity contribution >= 4 is 23.6 Å². The first kappa shape index (κ1) is 35.2. The predicted molar refractivity (Wildman–Crippen MR) is 160 cm³/mol. The van der Waals surface area contributed by atoms with Gasteiger partial charge < -0.3 is 29.2 Å². The van der Waals surface area contributed by atoms with Crippen molar-refractivity contribution in [3.8, 4) is 11.5 Å². The molecule has 0 heterocycles. The molecule has 0 fully saturated rings. The van der Waals surface area contributed by atoms with E-state index in [1.165, 1.54) is 36.4 Å². The molecule has 0 saturated heterocycles. The zero-order valence-corrected chi connectivity index (χ0v) is 24.5. The monoisotopic (exact) mass is 602 g/mol. The smallest absolute Gasteiger partial charge is 0.335 e. The molecule has 2 aromatic rings. The highest BCUT2D eigenvalue weighted by molar-refractivity contribution is 5.88. The third kappa shape index (κ3) is 12.0. The third-order valence-electron chi connectivity index (χ3n) is 6.29. The lowest BCUT2D eigenvalue weighted by Crippen LogP contribution is -2.15. The third-order valence-corrected chi connectivity index (χ3v) is 6.29. The van der Waals surface area contributed by atoms with Gasteiger partial charge in [0.2, 0.25) is 0 Å². The van der Waals surface area contributed by atoms with Gasteiger partial charge in [-0.25, -0.2) is 18.4 Å². The molecule has 0 aromatic heterocycles. The summed E-state index contributed by atoms with van der Waals surface area (Å²) in [5, 5.41) is 17.8. The van der Waals surface area contributed by atoms with E-state index in [1.54, 1.807) is 6.07 Å². The summed E-state index contributed by atoms with van der Waals surface area (Å²) in [5.74, 6) is -2.69. The number of halogens is 2. The van der Waals surface area contributed by atoms with Crippen LogP contribution < -0.4 is 9.47 Å². The number of rotatable bonds is 20. The molecule has 0 atom stereocenters. The Balaban J connectivity index is 2.10. The molecule has 10 heteroatoms. The maximum Gasteiger partial charge on any atom is 0.335 e. The molecule has 0 radical (unpaired) electrons.